The number of carbonyl (C=O) groups is 4. The van der Waals surface area contributed by atoms with E-state index < -0.39 is 47.9 Å². The van der Waals surface area contributed by atoms with Crippen LogP contribution in [0, 0.1) is 5.92 Å². The van der Waals surface area contributed by atoms with Gasteiger partial charge in [0.25, 0.3) is 0 Å². The molecular weight excluding hydrogens is 570 g/mol. The van der Waals surface area contributed by atoms with Gasteiger partial charge in [-0.15, -0.1) is 0 Å². The SMILES string of the molecule is CCC(C)C(NC(=O)C(Cc1ccc(O)cc1)NC(=O)C(N)CCSC)C(=O)NC(Cc1c[nH]c2ccccc12)C(=O)O. The largest absolute Gasteiger partial charge is 0.508 e. The second-order valence-electron chi connectivity index (χ2n) is 10.7. The van der Waals surface area contributed by atoms with Gasteiger partial charge in [0.2, 0.25) is 17.7 Å². The molecule has 0 saturated heterocycles. The summed E-state index contributed by atoms with van der Waals surface area (Å²) < 4.78 is 0. The Morgan fingerprint density at radius 1 is 0.930 bits per heavy atom. The lowest BCUT2D eigenvalue weighted by Crippen LogP contribution is -2.59. The Bertz CT molecular complexity index is 1390. The highest BCUT2D eigenvalue weighted by molar-refractivity contribution is 7.98. The van der Waals surface area contributed by atoms with Gasteiger partial charge in [0.05, 0.1) is 6.04 Å². The van der Waals surface area contributed by atoms with Gasteiger partial charge in [-0.3, -0.25) is 14.4 Å². The maximum absolute atomic E-state index is 13.6. The highest BCUT2D eigenvalue weighted by atomic mass is 32.2. The van der Waals surface area contributed by atoms with E-state index >= 15 is 0 Å². The summed E-state index contributed by atoms with van der Waals surface area (Å²) in [6, 6.07) is 9.51. The number of carbonyl (C=O) groups excluding carboxylic acids is 3. The van der Waals surface area contributed by atoms with E-state index in [2.05, 4.69) is 20.9 Å². The zero-order valence-electron chi connectivity index (χ0n) is 24.6. The maximum Gasteiger partial charge on any atom is 0.326 e. The first-order valence-electron chi connectivity index (χ1n) is 14.2. The number of H-pyrrole nitrogens is 1. The first-order chi connectivity index (χ1) is 20.5. The third-order valence-electron chi connectivity index (χ3n) is 7.49. The average molecular weight is 612 g/mol. The van der Waals surface area contributed by atoms with Crippen molar-refractivity contribution in [3.8, 4) is 5.75 Å². The van der Waals surface area contributed by atoms with Crippen molar-refractivity contribution < 1.29 is 29.4 Å². The molecule has 3 aromatic rings. The van der Waals surface area contributed by atoms with Crippen molar-refractivity contribution in [3.63, 3.8) is 0 Å². The second-order valence-corrected chi connectivity index (χ2v) is 11.6. The number of benzene rings is 2. The van der Waals surface area contributed by atoms with Crippen LogP contribution in [-0.2, 0) is 32.0 Å². The number of amides is 3. The van der Waals surface area contributed by atoms with Crippen molar-refractivity contribution in [2.45, 2.75) is 63.7 Å². The van der Waals surface area contributed by atoms with Crippen LogP contribution in [0.1, 0.15) is 37.8 Å². The zero-order chi connectivity index (χ0) is 31.5. The molecule has 3 amide bonds. The second kappa shape index (κ2) is 16.0. The minimum Gasteiger partial charge on any atom is -0.508 e. The lowest BCUT2D eigenvalue weighted by molar-refractivity contribution is -0.142. The fraction of sp³-hybridized carbons (Fsp3) is 0.419. The number of carboxylic acid groups (broad SMARTS) is 1. The number of hydrogen-bond acceptors (Lipinski definition) is 7. The van der Waals surface area contributed by atoms with Crippen molar-refractivity contribution in [1.29, 1.82) is 0 Å². The van der Waals surface area contributed by atoms with E-state index in [0.717, 1.165) is 16.5 Å². The quantitative estimate of drug-likeness (QED) is 0.129. The van der Waals surface area contributed by atoms with E-state index in [-0.39, 0.29) is 24.5 Å². The minimum atomic E-state index is -1.24. The Kier molecular flexibility index (Phi) is 12.4. The molecule has 0 spiro atoms. The van der Waals surface area contributed by atoms with Gasteiger partial charge < -0.3 is 36.9 Å². The summed E-state index contributed by atoms with van der Waals surface area (Å²) in [6.45, 7) is 3.64. The molecular formula is C31H41N5O6S. The lowest BCUT2D eigenvalue weighted by atomic mass is 9.96. The molecule has 0 aliphatic rings. The van der Waals surface area contributed by atoms with Crippen LogP contribution >= 0.6 is 11.8 Å². The first-order valence-corrected chi connectivity index (χ1v) is 15.6. The summed E-state index contributed by atoms with van der Waals surface area (Å²) in [6.07, 6.45) is 4.70. The molecule has 8 N–H and O–H groups in total. The Hall–Kier alpha value is -4.03. The number of para-hydroxylation sites is 1. The van der Waals surface area contributed by atoms with Crippen molar-refractivity contribution in [3.05, 3.63) is 65.9 Å². The van der Waals surface area contributed by atoms with Crippen LogP contribution in [0.25, 0.3) is 10.9 Å². The van der Waals surface area contributed by atoms with Crippen molar-refractivity contribution in [2.24, 2.45) is 11.7 Å². The summed E-state index contributed by atoms with van der Waals surface area (Å²) in [5.74, 6) is -2.57. The van der Waals surface area contributed by atoms with Crippen molar-refractivity contribution >= 4 is 46.4 Å². The predicted octanol–water partition coefficient (Wildman–Crippen LogP) is 2.32. The predicted molar refractivity (Wildman–Crippen MR) is 168 cm³/mol. The van der Waals surface area contributed by atoms with E-state index in [9.17, 15) is 29.4 Å². The number of thioether (sulfide) groups is 1. The lowest BCUT2D eigenvalue weighted by Gasteiger charge is -2.28. The van der Waals surface area contributed by atoms with E-state index in [0.29, 0.717) is 24.2 Å². The van der Waals surface area contributed by atoms with Gasteiger partial charge in [-0.2, -0.15) is 11.8 Å². The molecule has 43 heavy (non-hydrogen) atoms. The number of aromatic nitrogens is 1. The number of aromatic amines is 1. The number of hydrogen-bond donors (Lipinski definition) is 7. The van der Waals surface area contributed by atoms with Crippen LogP contribution in [0.5, 0.6) is 5.75 Å². The molecule has 1 heterocycles. The van der Waals surface area contributed by atoms with Gasteiger partial charge in [-0.1, -0.05) is 50.6 Å². The van der Waals surface area contributed by atoms with E-state index in [1.165, 1.54) is 12.1 Å². The average Bonchev–Trinajstić information content (AvgIpc) is 3.40. The first kappa shape index (κ1) is 33.5. The standard InChI is InChI=1S/C31H41N5O6S/c1-4-18(2)27(30(40)35-26(31(41)42)16-20-17-33-24-8-6-5-7-22(20)24)36-29(39)25(15-19-9-11-21(37)12-10-19)34-28(38)23(32)13-14-43-3/h5-12,17-18,23,25-27,33,37H,4,13-16,32H2,1-3H3,(H,34,38)(H,35,40)(H,36,39)(H,41,42). The van der Waals surface area contributed by atoms with Gasteiger partial charge >= 0.3 is 5.97 Å². The number of nitrogens with one attached hydrogen (secondary N) is 4. The van der Waals surface area contributed by atoms with Crippen molar-refractivity contribution in [1.82, 2.24) is 20.9 Å². The highest BCUT2D eigenvalue weighted by Crippen LogP contribution is 2.20. The molecule has 5 unspecified atom stereocenters. The van der Waals surface area contributed by atoms with Crippen LogP contribution in [0.4, 0.5) is 0 Å². The number of phenols is 1. The highest BCUT2D eigenvalue weighted by Gasteiger charge is 2.33. The molecule has 5 atom stereocenters. The van der Waals surface area contributed by atoms with Gasteiger partial charge in [-0.05, 0) is 53.7 Å². The zero-order valence-corrected chi connectivity index (χ0v) is 25.4. The molecule has 232 valence electrons. The monoisotopic (exact) mass is 611 g/mol. The molecule has 0 radical (unpaired) electrons. The van der Waals surface area contributed by atoms with Gasteiger partial charge in [0, 0.05) is 29.9 Å². The number of aliphatic carboxylic acids is 1. The molecule has 0 aliphatic carbocycles. The summed E-state index contributed by atoms with van der Waals surface area (Å²) in [5, 5.41) is 28.6. The number of phenolic OH excluding ortho intramolecular Hbond substituents is 1. The van der Waals surface area contributed by atoms with E-state index in [1.807, 2.05) is 37.4 Å². The fourth-order valence-electron chi connectivity index (χ4n) is 4.67. The smallest absolute Gasteiger partial charge is 0.326 e. The summed E-state index contributed by atoms with van der Waals surface area (Å²) in [5.41, 5.74) is 8.31. The van der Waals surface area contributed by atoms with Gasteiger partial charge in [0.15, 0.2) is 0 Å². The van der Waals surface area contributed by atoms with Crippen LogP contribution in [-0.4, -0.2) is 75.1 Å². The molecule has 11 nitrogen and oxygen atoms in total. The summed E-state index contributed by atoms with van der Waals surface area (Å²) in [4.78, 5) is 55.3. The van der Waals surface area contributed by atoms with Crippen LogP contribution in [0.3, 0.4) is 0 Å². The van der Waals surface area contributed by atoms with E-state index in [1.54, 1.807) is 37.0 Å². The molecule has 3 rings (SSSR count). The van der Waals surface area contributed by atoms with Gasteiger partial charge in [0.1, 0.15) is 23.9 Å². The minimum absolute atomic E-state index is 0.0414. The Morgan fingerprint density at radius 2 is 1.60 bits per heavy atom. The van der Waals surface area contributed by atoms with E-state index in [4.69, 9.17) is 5.73 Å². The maximum atomic E-state index is 13.6. The number of rotatable bonds is 16. The Balaban J connectivity index is 1.79. The molecule has 2 aromatic carbocycles. The Labute approximate surface area is 255 Å². The molecule has 0 fully saturated rings. The third-order valence-corrected chi connectivity index (χ3v) is 8.13. The number of carboxylic acids is 1. The van der Waals surface area contributed by atoms with Crippen molar-refractivity contribution in [2.75, 3.05) is 12.0 Å². The normalized spacial score (nSPS) is 14.7. The fourth-order valence-corrected chi connectivity index (χ4v) is 5.16. The van der Waals surface area contributed by atoms with Crippen LogP contribution in [0.2, 0.25) is 0 Å². The molecule has 0 bridgehead atoms. The van der Waals surface area contributed by atoms with Crippen LogP contribution < -0.4 is 21.7 Å². The summed E-state index contributed by atoms with van der Waals surface area (Å²) >= 11 is 1.55. The molecule has 12 heteroatoms. The van der Waals surface area contributed by atoms with Crippen LogP contribution in [0.15, 0.2) is 54.7 Å². The molecule has 0 saturated carbocycles. The molecule has 1 aromatic heterocycles. The topological polar surface area (TPSA) is 187 Å². The van der Waals surface area contributed by atoms with Gasteiger partial charge in [-0.25, -0.2) is 4.79 Å². The number of fused-ring (bicyclic) bond motifs is 1. The molecule has 0 aliphatic heterocycles. The number of aromatic hydroxyl groups is 1. The third kappa shape index (κ3) is 9.48. The Morgan fingerprint density at radius 3 is 2.26 bits per heavy atom. The summed E-state index contributed by atoms with van der Waals surface area (Å²) in [7, 11) is 0. The number of nitrogens with two attached hydrogens (primary N) is 1.